The number of benzene rings is 1. The van der Waals surface area contributed by atoms with Crippen LogP contribution in [0.25, 0.3) is 0 Å². The van der Waals surface area contributed by atoms with E-state index in [9.17, 15) is 13.2 Å². The summed E-state index contributed by atoms with van der Waals surface area (Å²) >= 11 is 2.46. The summed E-state index contributed by atoms with van der Waals surface area (Å²) in [4.78, 5) is 11.5. The highest BCUT2D eigenvalue weighted by molar-refractivity contribution is 8.00. The second-order valence-corrected chi connectivity index (χ2v) is 7.72. The SMILES string of the molecule is NC(=O)CSc1ccc(NS(=O)(=O)c2cccs2)cc1. The molecule has 0 unspecified atom stereocenters. The van der Waals surface area contributed by atoms with Gasteiger partial charge in [0.05, 0.1) is 5.75 Å². The van der Waals surface area contributed by atoms with Crippen molar-refractivity contribution in [1.82, 2.24) is 0 Å². The van der Waals surface area contributed by atoms with E-state index >= 15 is 0 Å². The van der Waals surface area contributed by atoms with E-state index in [1.165, 1.54) is 11.8 Å². The number of sulfonamides is 1. The minimum absolute atomic E-state index is 0.195. The highest BCUT2D eigenvalue weighted by Crippen LogP contribution is 2.23. The topological polar surface area (TPSA) is 89.3 Å². The fourth-order valence-corrected chi connectivity index (χ4v) is 4.08. The van der Waals surface area contributed by atoms with Crippen molar-refractivity contribution in [2.75, 3.05) is 10.5 Å². The molecule has 0 aliphatic carbocycles. The van der Waals surface area contributed by atoms with Gasteiger partial charge in [-0.1, -0.05) is 6.07 Å². The summed E-state index contributed by atoms with van der Waals surface area (Å²) in [6.45, 7) is 0. The Hall–Kier alpha value is -1.51. The van der Waals surface area contributed by atoms with Gasteiger partial charge in [-0.25, -0.2) is 8.42 Å². The first-order valence-electron chi connectivity index (χ1n) is 5.55. The van der Waals surface area contributed by atoms with Crippen molar-refractivity contribution >= 4 is 44.7 Å². The number of hydrogen-bond acceptors (Lipinski definition) is 5. The Bertz CT molecular complexity index is 679. The van der Waals surface area contributed by atoms with E-state index in [0.29, 0.717) is 5.69 Å². The van der Waals surface area contributed by atoms with Crippen LogP contribution in [0.4, 0.5) is 5.69 Å². The van der Waals surface area contributed by atoms with Gasteiger partial charge in [0.15, 0.2) is 0 Å². The minimum atomic E-state index is -3.52. The summed E-state index contributed by atoms with van der Waals surface area (Å²) in [7, 11) is -3.52. The molecule has 3 N–H and O–H groups in total. The molecular weight excluding hydrogens is 316 g/mol. The Morgan fingerprint density at radius 3 is 2.50 bits per heavy atom. The Balaban J connectivity index is 2.06. The lowest BCUT2D eigenvalue weighted by Crippen LogP contribution is -2.13. The van der Waals surface area contributed by atoms with Crippen molar-refractivity contribution in [3.8, 4) is 0 Å². The van der Waals surface area contributed by atoms with Gasteiger partial charge in [-0.2, -0.15) is 0 Å². The van der Waals surface area contributed by atoms with Crippen LogP contribution in [0.2, 0.25) is 0 Å². The van der Waals surface area contributed by atoms with Gasteiger partial charge in [0, 0.05) is 10.6 Å². The molecule has 1 aromatic heterocycles. The molecule has 1 amide bonds. The molecule has 20 heavy (non-hydrogen) atoms. The summed E-state index contributed by atoms with van der Waals surface area (Å²) in [5.74, 6) is -0.197. The molecule has 2 rings (SSSR count). The maximum Gasteiger partial charge on any atom is 0.271 e. The van der Waals surface area contributed by atoms with Crippen molar-refractivity contribution < 1.29 is 13.2 Å². The molecule has 5 nitrogen and oxygen atoms in total. The van der Waals surface area contributed by atoms with Crippen LogP contribution in [0.15, 0.2) is 50.9 Å². The molecule has 0 aliphatic heterocycles. The Kier molecular flexibility index (Phi) is 4.69. The first kappa shape index (κ1) is 14.9. The molecule has 0 spiro atoms. The quantitative estimate of drug-likeness (QED) is 0.795. The van der Waals surface area contributed by atoms with Crippen molar-refractivity contribution in [2.24, 2.45) is 5.73 Å². The summed E-state index contributed by atoms with van der Waals surface area (Å²) in [6.07, 6.45) is 0. The summed E-state index contributed by atoms with van der Waals surface area (Å²) in [6, 6.07) is 10.00. The average molecular weight is 328 g/mol. The lowest BCUT2D eigenvalue weighted by atomic mass is 10.3. The maximum absolute atomic E-state index is 12.0. The number of nitrogens with one attached hydrogen (secondary N) is 1. The lowest BCUT2D eigenvalue weighted by Gasteiger charge is -2.07. The monoisotopic (exact) mass is 328 g/mol. The average Bonchev–Trinajstić information content (AvgIpc) is 2.92. The number of thiophene rings is 1. The molecule has 1 heterocycles. The standard InChI is InChI=1S/C12H12N2O3S3/c13-11(15)8-19-10-5-3-9(4-6-10)14-20(16,17)12-2-1-7-18-12/h1-7,14H,8H2,(H2,13,15). The van der Waals surface area contributed by atoms with Gasteiger partial charge in [0.2, 0.25) is 5.91 Å². The van der Waals surface area contributed by atoms with E-state index in [-0.39, 0.29) is 9.96 Å². The highest BCUT2D eigenvalue weighted by atomic mass is 32.2. The number of hydrogen-bond donors (Lipinski definition) is 2. The molecule has 0 aliphatic rings. The molecule has 0 saturated heterocycles. The van der Waals surface area contributed by atoms with Gasteiger partial charge in [-0.05, 0) is 35.7 Å². The Morgan fingerprint density at radius 1 is 1.25 bits per heavy atom. The summed E-state index contributed by atoms with van der Waals surface area (Å²) in [5, 5.41) is 1.71. The van der Waals surface area contributed by atoms with E-state index in [0.717, 1.165) is 16.2 Å². The zero-order valence-corrected chi connectivity index (χ0v) is 12.7. The highest BCUT2D eigenvalue weighted by Gasteiger charge is 2.14. The number of carbonyl (C=O) groups is 1. The van der Waals surface area contributed by atoms with Crippen LogP contribution in [-0.4, -0.2) is 20.1 Å². The third-order valence-electron chi connectivity index (χ3n) is 2.25. The summed E-state index contributed by atoms with van der Waals surface area (Å²) < 4.78 is 26.8. The van der Waals surface area contributed by atoms with Gasteiger partial charge in [0.1, 0.15) is 4.21 Å². The van der Waals surface area contributed by atoms with E-state index in [2.05, 4.69) is 4.72 Å². The second kappa shape index (κ2) is 6.29. The number of nitrogens with two attached hydrogens (primary N) is 1. The number of primary amides is 1. The summed E-state index contributed by atoms with van der Waals surface area (Å²) in [5.41, 5.74) is 5.53. The van der Waals surface area contributed by atoms with Crippen LogP contribution in [0.5, 0.6) is 0 Å². The van der Waals surface area contributed by atoms with E-state index in [1.807, 2.05) is 0 Å². The molecular formula is C12H12N2O3S3. The smallest absolute Gasteiger partial charge is 0.271 e. The maximum atomic E-state index is 12.0. The van der Waals surface area contributed by atoms with Crippen LogP contribution in [0.1, 0.15) is 0 Å². The molecule has 0 saturated carbocycles. The van der Waals surface area contributed by atoms with Gasteiger partial charge in [-0.15, -0.1) is 23.1 Å². The number of anilines is 1. The molecule has 2 aromatic rings. The van der Waals surface area contributed by atoms with E-state index in [4.69, 9.17) is 5.73 Å². The number of thioether (sulfide) groups is 1. The molecule has 0 radical (unpaired) electrons. The predicted octanol–water partition coefficient (Wildman–Crippen LogP) is 2.13. The molecule has 1 aromatic carbocycles. The fraction of sp³-hybridized carbons (Fsp3) is 0.0833. The molecule has 106 valence electrons. The fourth-order valence-electron chi connectivity index (χ4n) is 1.40. The van der Waals surface area contributed by atoms with Crippen LogP contribution in [0.3, 0.4) is 0 Å². The number of rotatable bonds is 6. The van der Waals surface area contributed by atoms with Crippen LogP contribution >= 0.6 is 23.1 Å². The van der Waals surface area contributed by atoms with Crippen LogP contribution < -0.4 is 10.5 Å². The van der Waals surface area contributed by atoms with E-state index < -0.39 is 15.9 Å². The van der Waals surface area contributed by atoms with E-state index in [1.54, 1.807) is 41.8 Å². The van der Waals surface area contributed by atoms with Gasteiger partial charge in [0.25, 0.3) is 10.0 Å². The van der Waals surface area contributed by atoms with Gasteiger partial charge >= 0.3 is 0 Å². The number of amides is 1. The van der Waals surface area contributed by atoms with Crippen LogP contribution in [-0.2, 0) is 14.8 Å². The lowest BCUT2D eigenvalue weighted by molar-refractivity contribution is -0.115. The molecule has 0 bridgehead atoms. The largest absolute Gasteiger partial charge is 0.369 e. The zero-order valence-electron chi connectivity index (χ0n) is 10.3. The molecule has 8 heteroatoms. The minimum Gasteiger partial charge on any atom is -0.369 e. The zero-order chi connectivity index (χ0) is 14.6. The van der Waals surface area contributed by atoms with Crippen molar-refractivity contribution in [1.29, 1.82) is 0 Å². The first-order chi connectivity index (χ1) is 9.47. The van der Waals surface area contributed by atoms with Crippen LogP contribution in [0, 0.1) is 0 Å². The second-order valence-electron chi connectivity index (χ2n) is 3.82. The van der Waals surface area contributed by atoms with Crippen molar-refractivity contribution in [3.63, 3.8) is 0 Å². The van der Waals surface area contributed by atoms with Gasteiger partial charge < -0.3 is 5.73 Å². The number of carbonyl (C=O) groups excluding carboxylic acids is 1. The Labute approximate surface area is 125 Å². The van der Waals surface area contributed by atoms with Gasteiger partial charge in [-0.3, -0.25) is 9.52 Å². The first-order valence-corrected chi connectivity index (χ1v) is 8.90. The third-order valence-corrected chi connectivity index (χ3v) is 6.06. The van der Waals surface area contributed by atoms with Crippen molar-refractivity contribution in [3.05, 3.63) is 41.8 Å². The normalized spacial score (nSPS) is 11.2. The molecule has 0 fully saturated rings. The molecule has 0 atom stereocenters. The third kappa shape index (κ3) is 3.99. The predicted molar refractivity (Wildman–Crippen MR) is 81.5 cm³/mol. The Morgan fingerprint density at radius 2 is 1.95 bits per heavy atom. The van der Waals surface area contributed by atoms with Crippen molar-refractivity contribution in [2.45, 2.75) is 9.10 Å².